The summed E-state index contributed by atoms with van der Waals surface area (Å²) in [5, 5.41) is 3.52. The third-order valence-electron chi connectivity index (χ3n) is 4.41. The van der Waals surface area contributed by atoms with Gasteiger partial charge in [0.15, 0.2) is 0 Å². The van der Waals surface area contributed by atoms with Gasteiger partial charge in [-0.2, -0.15) is 0 Å². The number of amides is 1. The van der Waals surface area contributed by atoms with Crippen molar-refractivity contribution in [2.45, 2.75) is 51.5 Å². The predicted molar refractivity (Wildman–Crippen MR) is 92.7 cm³/mol. The second kappa shape index (κ2) is 7.51. The molecule has 6 heteroatoms. The average Bonchev–Trinajstić information content (AvgIpc) is 2.61. The van der Waals surface area contributed by atoms with Gasteiger partial charge >= 0.3 is 11.6 Å². The number of esters is 1. The largest absolute Gasteiger partial charge is 0.426 e. The fraction of sp³-hybridized carbons (Fsp3) is 0.421. The second-order valence-electron chi connectivity index (χ2n) is 6.28. The maximum absolute atomic E-state index is 12.4. The van der Waals surface area contributed by atoms with Crippen LogP contribution in [0, 0.1) is 0 Å². The van der Waals surface area contributed by atoms with Crippen molar-refractivity contribution in [3.8, 4) is 5.75 Å². The first-order chi connectivity index (χ1) is 12.1. The van der Waals surface area contributed by atoms with Crippen LogP contribution in [0.2, 0.25) is 0 Å². The summed E-state index contributed by atoms with van der Waals surface area (Å²) < 4.78 is 10.4. The molecule has 1 heterocycles. The SMILES string of the molecule is CCC(=O)Oc1ccc2cc(C(=O)NC3CCCCC3)c(=O)oc2c1. The monoisotopic (exact) mass is 343 g/mol. The molecular weight excluding hydrogens is 322 g/mol. The highest BCUT2D eigenvalue weighted by atomic mass is 16.5. The molecule has 0 aliphatic heterocycles. The van der Waals surface area contributed by atoms with Crippen molar-refractivity contribution in [3.05, 3.63) is 40.2 Å². The van der Waals surface area contributed by atoms with E-state index >= 15 is 0 Å². The summed E-state index contributed by atoms with van der Waals surface area (Å²) in [5.74, 6) is -0.462. The van der Waals surface area contributed by atoms with Gasteiger partial charge in [-0.1, -0.05) is 26.2 Å². The van der Waals surface area contributed by atoms with Crippen molar-refractivity contribution in [2.75, 3.05) is 0 Å². The highest BCUT2D eigenvalue weighted by Crippen LogP contribution is 2.22. The van der Waals surface area contributed by atoms with Crippen LogP contribution in [0.25, 0.3) is 11.0 Å². The van der Waals surface area contributed by atoms with Gasteiger partial charge in [0.05, 0.1) is 0 Å². The Morgan fingerprint density at radius 3 is 2.68 bits per heavy atom. The molecule has 1 aromatic carbocycles. The number of benzene rings is 1. The highest BCUT2D eigenvalue weighted by molar-refractivity contribution is 5.97. The Hall–Kier alpha value is -2.63. The van der Waals surface area contributed by atoms with Gasteiger partial charge in [0, 0.05) is 23.9 Å². The van der Waals surface area contributed by atoms with Gasteiger partial charge in [-0.3, -0.25) is 9.59 Å². The van der Waals surface area contributed by atoms with Crippen LogP contribution in [0.3, 0.4) is 0 Å². The molecule has 0 unspecified atom stereocenters. The maximum atomic E-state index is 12.4. The van der Waals surface area contributed by atoms with Crippen molar-refractivity contribution in [2.24, 2.45) is 0 Å². The number of ether oxygens (including phenoxy) is 1. The fourth-order valence-corrected chi connectivity index (χ4v) is 3.03. The Labute approximate surface area is 145 Å². The molecule has 3 rings (SSSR count). The minimum absolute atomic E-state index is 0.00336. The summed E-state index contributed by atoms with van der Waals surface area (Å²) in [4.78, 5) is 35.9. The first kappa shape index (κ1) is 17.2. The normalized spacial score (nSPS) is 15.1. The van der Waals surface area contributed by atoms with E-state index in [0.717, 1.165) is 25.7 Å². The van der Waals surface area contributed by atoms with Gasteiger partial charge in [-0.15, -0.1) is 0 Å². The van der Waals surface area contributed by atoms with Crippen LogP contribution in [-0.4, -0.2) is 17.9 Å². The fourth-order valence-electron chi connectivity index (χ4n) is 3.03. The summed E-state index contributed by atoms with van der Waals surface area (Å²) >= 11 is 0. The topological polar surface area (TPSA) is 85.6 Å². The highest BCUT2D eigenvalue weighted by Gasteiger charge is 2.20. The van der Waals surface area contributed by atoms with Crippen LogP contribution >= 0.6 is 0 Å². The number of carbonyl (C=O) groups excluding carboxylic acids is 2. The van der Waals surface area contributed by atoms with Crippen molar-refractivity contribution in [1.82, 2.24) is 5.32 Å². The zero-order valence-corrected chi connectivity index (χ0v) is 14.2. The predicted octanol–water partition coefficient (Wildman–Crippen LogP) is 3.17. The van der Waals surface area contributed by atoms with E-state index in [0.29, 0.717) is 11.1 Å². The smallest absolute Gasteiger partial charge is 0.349 e. The molecule has 132 valence electrons. The summed E-state index contributed by atoms with van der Waals surface area (Å²) in [6.07, 6.45) is 5.51. The lowest BCUT2D eigenvalue weighted by Crippen LogP contribution is -2.38. The lowest BCUT2D eigenvalue weighted by atomic mass is 9.95. The molecule has 1 aliphatic rings. The van der Waals surface area contributed by atoms with E-state index in [2.05, 4.69) is 5.32 Å². The standard InChI is InChI=1S/C19H21NO5/c1-2-17(21)24-14-9-8-12-10-15(19(23)25-16(12)11-14)18(22)20-13-6-4-3-5-7-13/h8-11,13H,2-7H2,1H3,(H,20,22). The molecule has 1 aromatic heterocycles. The van der Waals surface area contributed by atoms with Crippen molar-refractivity contribution in [3.63, 3.8) is 0 Å². The Morgan fingerprint density at radius 2 is 1.96 bits per heavy atom. The van der Waals surface area contributed by atoms with Gasteiger partial charge in [0.2, 0.25) is 0 Å². The number of hydrogen-bond acceptors (Lipinski definition) is 5. The second-order valence-corrected chi connectivity index (χ2v) is 6.28. The minimum Gasteiger partial charge on any atom is -0.426 e. The van der Waals surface area contributed by atoms with Gasteiger partial charge in [0.1, 0.15) is 16.9 Å². The number of carbonyl (C=O) groups is 2. The van der Waals surface area contributed by atoms with E-state index in [1.165, 1.54) is 18.6 Å². The first-order valence-corrected chi connectivity index (χ1v) is 8.66. The molecule has 0 bridgehead atoms. The Balaban J connectivity index is 1.83. The third kappa shape index (κ3) is 4.07. The summed E-state index contributed by atoms with van der Waals surface area (Å²) in [6.45, 7) is 1.70. The van der Waals surface area contributed by atoms with Crippen LogP contribution < -0.4 is 15.7 Å². The third-order valence-corrected chi connectivity index (χ3v) is 4.41. The van der Waals surface area contributed by atoms with E-state index in [1.807, 2.05) is 0 Å². The molecule has 1 saturated carbocycles. The molecule has 0 atom stereocenters. The number of fused-ring (bicyclic) bond motifs is 1. The molecule has 0 radical (unpaired) electrons. The average molecular weight is 343 g/mol. The molecule has 1 N–H and O–H groups in total. The lowest BCUT2D eigenvalue weighted by molar-refractivity contribution is -0.134. The minimum atomic E-state index is -0.695. The molecule has 0 spiro atoms. The molecule has 25 heavy (non-hydrogen) atoms. The Kier molecular flexibility index (Phi) is 5.16. The molecule has 1 aliphatic carbocycles. The zero-order valence-electron chi connectivity index (χ0n) is 14.2. The Bertz CT molecular complexity index is 849. The van der Waals surface area contributed by atoms with Crippen LogP contribution in [0.1, 0.15) is 55.8 Å². The molecule has 6 nitrogen and oxygen atoms in total. The number of nitrogens with one attached hydrogen (secondary N) is 1. The summed E-state index contributed by atoms with van der Waals surface area (Å²) in [5.41, 5.74) is -0.420. The van der Waals surface area contributed by atoms with Crippen molar-refractivity contribution >= 4 is 22.8 Å². The Morgan fingerprint density at radius 1 is 1.20 bits per heavy atom. The number of hydrogen-bond donors (Lipinski definition) is 1. The quantitative estimate of drug-likeness (QED) is 0.523. The molecule has 1 fully saturated rings. The van der Waals surface area contributed by atoms with Gasteiger partial charge in [-0.05, 0) is 31.0 Å². The van der Waals surface area contributed by atoms with Gasteiger partial charge in [-0.25, -0.2) is 4.79 Å². The van der Waals surface area contributed by atoms with Crippen molar-refractivity contribution in [1.29, 1.82) is 0 Å². The van der Waals surface area contributed by atoms with Gasteiger partial charge in [0.25, 0.3) is 5.91 Å². The molecule has 1 amide bonds. The molecule has 0 saturated heterocycles. The van der Waals surface area contributed by atoms with E-state index in [1.54, 1.807) is 19.1 Å². The van der Waals surface area contributed by atoms with Gasteiger partial charge < -0.3 is 14.5 Å². The molecular formula is C19H21NO5. The van der Waals surface area contributed by atoms with E-state index in [9.17, 15) is 14.4 Å². The zero-order chi connectivity index (χ0) is 17.8. The van der Waals surface area contributed by atoms with E-state index in [4.69, 9.17) is 9.15 Å². The maximum Gasteiger partial charge on any atom is 0.349 e. The van der Waals surface area contributed by atoms with Crippen LogP contribution in [0.5, 0.6) is 5.75 Å². The van der Waals surface area contributed by atoms with Crippen LogP contribution in [0.4, 0.5) is 0 Å². The summed E-state index contributed by atoms with van der Waals surface area (Å²) in [7, 11) is 0. The van der Waals surface area contributed by atoms with Crippen molar-refractivity contribution < 1.29 is 18.7 Å². The van der Waals surface area contributed by atoms with E-state index in [-0.39, 0.29) is 29.6 Å². The van der Waals surface area contributed by atoms with Crippen LogP contribution in [-0.2, 0) is 4.79 Å². The number of rotatable bonds is 4. The van der Waals surface area contributed by atoms with Crippen LogP contribution in [0.15, 0.2) is 33.5 Å². The lowest BCUT2D eigenvalue weighted by Gasteiger charge is -2.22. The van der Waals surface area contributed by atoms with E-state index < -0.39 is 11.5 Å². The molecule has 2 aromatic rings. The summed E-state index contributed by atoms with van der Waals surface area (Å²) in [6, 6.07) is 6.39. The first-order valence-electron chi connectivity index (χ1n) is 8.66.